The number of nitrogens with one attached hydrogen (secondary N) is 2. The zero-order valence-electron chi connectivity index (χ0n) is 14.5. The molecule has 3 rings (SSSR count). The van der Waals surface area contributed by atoms with Crippen molar-refractivity contribution in [2.24, 2.45) is 0 Å². The quantitative estimate of drug-likeness (QED) is 0.445. The maximum absolute atomic E-state index is 12.9. The van der Waals surface area contributed by atoms with Gasteiger partial charge in [-0.2, -0.15) is 18.3 Å². The molecule has 1 aromatic heterocycles. The maximum atomic E-state index is 12.9. The van der Waals surface area contributed by atoms with Crippen LogP contribution in [-0.2, 0) is 17.5 Å². The summed E-state index contributed by atoms with van der Waals surface area (Å²) >= 11 is 5.16. The van der Waals surface area contributed by atoms with Gasteiger partial charge in [-0.1, -0.05) is 23.8 Å². The van der Waals surface area contributed by atoms with Crippen molar-refractivity contribution < 1.29 is 23.1 Å². The van der Waals surface area contributed by atoms with Crippen molar-refractivity contribution in [3.05, 3.63) is 58.4 Å². The fourth-order valence-electron chi connectivity index (χ4n) is 2.65. The van der Waals surface area contributed by atoms with Gasteiger partial charge in [-0.15, -0.1) is 0 Å². The molecule has 10 heteroatoms. The normalized spacial score (nSPS) is 11.4. The lowest BCUT2D eigenvalue weighted by atomic mass is 10.1. The van der Waals surface area contributed by atoms with Crippen molar-refractivity contribution in [2.45, 2.75) is 19.6 Å². The Kier molecular flexibility index (Phi) is 5.23. The number of aromatic hydroxyl groups is 1. The van der Waals surface area contributed by atoms with Gasteiger partial charge < -0.3 is 10.4 Å². The number of halogens is 3. The Morgan fingerprint density at radius 1 is 1.29 bits per heavy atom. The number of H-pyrrole nitrogens is 1. The lowest BCUT2D eigenvalue weighted by Crippen LogP contribution is -2.20. The van der Waals surface area contributed by atoms with E-state index in [9.17, 15) is 23.1 Å². The van der Waals surface area contributed by atoms with Gasteiger partial charge in [-0.25, -0.2) is 0 Å². The lowest BCUT2D eigenvalue weighted by Gasteiger charge is -2.12. The molecule has 0 fully saturated rings. The number of benzene rings is 2. The van der Waals surface area contributed by atoms with Crippen molar-refractivity contribution in [1.82, 2.24) is 14.8 Å². The molecule has 2 aromatic carbocycles. The number of aromatic amines is 1. The van der Waals surface area contributed by atoms with Gasteiger partial charge >= 0.3 is 6.18 Å². The number of hydrogen-bond donors (Lipinski definition) is 3. The monoisotopic (exact) mass is 408 g/mol. The molecule has 0 aliphatic heterocycles. The maximum Gasteiger partial charge on any atom is 0.420 e. The molecule has 0 saturated carbocycles. The molecule has 6 nitrogen and oxygen atoms in total. The van der Waals surface area contributed by atoms with Gasteiger partial charge in [0.25, 0.3) is 0 Å². The minimum absolute atomic E-state index is 0.0951. The minimum Gasteiger partial charge on any atom is -0.507 e. The number of carbonyl (C=O) groups excluding carboxylic acids is 1. The largest absolute Gasteiger partial charge is 0.507 e. The van der Waals surface area contributed by atoms with Crippen LogP contribution in [-0.4, -0.2) is 25.8 Å². The third-order valence-corrected chi connectivity index (χ3v) is 4.23. The summed E-state index contributed by atoms with van der Waals surface area (Å²) in [6.45, 7) is 1.66. The number of aryl methyl sites for hydroxylation is 1. The molecule has 3 aromatic rings. The van der Waals surface area contributed by atoms with E-state index in [0.29, 0.717) is 11.9 Å². The third kappa shape index (κ3) is 4.22. The van der Waals surface area contributed by atoms with Crippen LogP contribution in [0.4, 0.5) is 18.9 Å². The molecule has 0 bridgehead atoms. The molecule has 146 valence electrons. The summed E-state index contributed by atoms with van der Waals surface area (Å²) in [5.74, 6) is -1.07. The number of aromatic nitrogens is 3. The van der Waals surface area contributed by atoms with Crippen LogP contribution in [0.15, 0.2) is 42.5 Å². The number of phenols is 1. The second-order valence-electron chi connectivity index (χ2n) is 6.09. The molecule has 28 heavy (non-hydrogen) atoms. The van der Waals surface area contributed by atoms with Crippen LogP contribution >= 0.6 is 12.2 Å². The number of alkyl halides is 3. The van der Waals surface area contributed by atoms with E-state index in [1.54, 1.807) is 0 Å². The zero-order chi connectivity index (χ0) is 20.5. The smallest absolute Gasteiger partial charge is 0.420 e. The van der Waals surface area contributed by atoms with Crippen molar-refractivity contribution >= 4 is 23.8 Å². The molecule has 0 spiro atoms. The van der Waals surface area contributed by atoms with Gasteiger partial charge in [0.1, 0.15) is 12.3 Å². The average Bonchev–Trinajstić information content (AvgIpc) is 2.96. The first-order chi connectivity index (χ1) is 13.1. The van der Waals surface area contributed by atoms with Crippen LogP contribution in [0.5, 0.6) is 5.75 Å². The van der Waals surface area contributed by atoms with Crippen LogP contribution < -0.4 is 5.32 Å². The van der Waals surface area contributed by atoms with E-state index in [-0.39, 0.29) is 17.0 Å². The average molecular weight is 408 g/mol. The molecule has 0 atom stereocenters. The lowest BCUT2D eigenvalue weighted by molar-refractivity contribution is -0.138. The summed E-state index contributed by atoms with van der Waals surface area (Å²) in [6.07, 6.45) is -4.74. The Hall–Kier alpha value is -3.14. The number of anilines is 1. The van der Waals surface area contributed by atoms with E-state index in [0.717, 1.165) is 17.2 Å². The number of amides is 1. The third-order valence-electron chi connectivity index (χ3n) is 3.92. The van der Waals surface area contributed by atoms with E-state index in [1.165, 1.54) is 10.6 Å². The van der Waals surface area contributed by atoms with Gasteiger partial charge in [0, 0.05) is 11.3 Å². The molecular formula is C18H15F3N4O2S. The topological polar surface area (TPSA) is 82.9 Å². The summed E-state index contributed by atoms with van der Waals surface area (Å²) in [5.41, 5.74) is 0.406. The highest BCUT2D eigenvalue weighted by atomic mass is 32.1. The van der Waals surface area contributed by atoms with E-state index in [4.69, 9.17) is 12.2 Å². The highest BCUT2D eigenvalue weighted by Gasteiger charge is 2.34. The Balaban J connectivity index is 1.84. The summed E-state index contributed by atoms with van der Waals surface area (Å²) in [7, 11) is 0. The van der Waals surface area contributed by atoms with E-state index >= 15 is 0 Å². The van der Waals surface area contributed by atoms with Crippen LogP contribution in [0.3, 0.4) is 0 Å². The SMILES string of the molecule is Cc1cccc(-c2n[nH]c(=S)n2CC(=O)Nc2ccc(O)c(C(F)(F)F)c2)c1. The predicted octanol–water partition coefficient (Wildman–Crippen LogP) is 4.28. The van der Waals surface area contributed by atoms with Crippen LogP contribution in [0.1, 0.15) is 11.1 Å². The standard InChI is InChI=1S/C18H15F3N4O2S/c1-10-3-2-4-11(7-10)16-23-24-17(28)25(16)9-15(27)22-12-5-6-14(26)13(8-12)18(19,20)21/h2-8,26H,9H2,1H3,(H,22,27)(H,24,28). The van der Waals surface area contributed by atoms with Gasteiger partial charge in [0.15, 0.2) is 10.6 Å². The van der Waals surface area contributed by atoms with E-state index < -0.39 is 23.4 Å². The fraction of sp³-hybridized carbons (Fsp3) is 0.167. The molecule has 1 heterocycles. The summed E-state index contributed by atoms with van der Waals surface area (Å²) < 4.78 is 40.3. The van der Waals surface area contributed by atoms with Crippen molar-refractivity contribution in [1.29, 1.82) is 0 Å². The number of nitrogens with zero attached hydrogens (tertiary/aromatic N) is 2. The Morgan fingerprint density at radius 3 is 2.71 bits per heavy atom. The van der Waals surface area contributed by atoms with Crippen molar-refractivity contribution in [3.8, 4) is 17.1 Å². The Morgan fingerprint density at radius 2 is 2.04 bits per heavy atom. The van der Waals surface area contributed by atoms with Gasteiger partial charge in [-0.05, 0) is 43.4 Å². The van der Waals surface area contributed by atoms with E-state index in [1.807, 2.05) is 31.2 Å². The first kappa shape index (κ1) is 19.6. The van der Waals surface area contributed by atoms with Crippen LogP contribution in [0.25, 0.3) is 11.4 Å². The molecule has 0 radical (unpaired) electrons. The van der Waals surface area contributed by atoms with Gasteiger partial charge in [0.2, 0.25) is 5.91 Å². The first-order valence-corrected chi connectivity index (χ1v) is 8.48. The Bertz CT molecular complexity index is 1090. The predicted molar refractivity (Wildman–Crippen MR) is 99.3 cm³/mol. The first-order valence-electron chi connectivity index (χ1n) is 8.07. The highest BCUT2D eigenvalue weighted by molar-refractivity contribution is 7.71. The zero-order valence-corrected chi connectivity index (χ0v) is 15.4. The van der Waals surface area contributed by atoms with Gasteiger partial charge in [0.05, 0.1) is 5.56 Å². The summed E-state index contributed by atoms with van der Waals surface area (Å²) in [6, 6.07) is 10.1. The number of hydrogen-bond acceptors (Lipinski definition) is 4. The van der Waals surface area contributed by atoms with Crippen molar-refractivity contribution in [3.63, 3.8) is 0 Å². The highest BCUT2D eigenvalue weighted by Crippen LogP contribution is 2.37. The summed E-state index contributed by atoms with van der Waals surface area (Å²) in [5, 5.41) is 18.5. The van der Waals surface area contributed by atoms with Crippen LogP contribution in [0, 0.1) is 11.7 Å². The summed E-state index contributed by atoms with van der Waals surface area (Å²) in [4.78, 5) is 12.4. The van der Waals surface area contributed by atoms with Crippen LogP contribution in [0.2, 0.25) is 0 Å². The fourth-order valence-corrected chi connectivity index (χ4v) is 2.85. The van der Waals surface area contributed by atoms with Gasteiger partial charge in [-0.3, -0.25) is 14.5 Å². The molecule has 0 aliphatic carbocycles. The number of rotatable bonds is 4. The second kappa shape index (κ2) is 7.47. The van der Waals surface area contributed by atoms with Crippen molar-refractivity contribution in [2.75, 3.05) is 5.32 Å². The molecule has 0 aliphatic rings. The molecule has 0 saturated heterocycles. The molecule has 0 unspecified atom stereocenters. The molecular weight excluding hydrogens is 393 g/mol. The number of carbonyl (C=O) groups is 1. The molecule has 3 N–H and O–H groups in total. The number of phenolic OH excluding ortho intramolecular Hbond substituents is 1. The second-order valence-corrected chi connectivity index (χ2v) is 6.47. The minimum atomic E-state index is -4.74. The van der Waals surface area contributed by atoms with E-state index in [2.05, 4.69) is 15.5 Å². The molecule has 1 amide bonds. The Labute approximate surface area is 162 Å².